The number of hydrogen-bond acceptors (Lipinski definition) is 2. The molecule has 2 aromatic rings. The van der Waals surface area contributed by atoms with Crippen LogP contribution in [0.4, 0.5) is 10.1 Å². The maximum atomic E-state index is 13.1. The number of hydrogen-bond donors (Lipinski definition) is 2. The van der Waals surface area contributed by atoms with E-state index < -0.39 is 11.8 Å². The van der Waals surface area contributed by atoms with Crippen molar-refractivity contribution in [1.29, 1.82) is 0 Å². The summed E-state index contributed by atoms with van der Waals surface area (Å²) in [5, 5.41) is 12.3. The van der Waals surface area contributed by atoms with Crippen LogP contribution in [0.25, 0.3) is 0 Å². The van der Waals surface area contributed by atoms with Crippen molar-refractivity contribution >= 4 is 11.7 Å². The summed E-state index contributed by atoms with van der Waals surface area (Å²) in [7, 11) is 0. The fourth-order valence-electron chi connectivity index (χ4n) is 2.20. The summed E-state index contributed by atoms with van der Waals surface area (Å²) in [6, 6.07) is 11.5. The van der Waals surface area contributed by atoms with Gasteiger partial charge in [-0.25, -0.2) is 9.18 Å². The molecule has 0 aliphatic heterocycles. The first kappa shape index (κ1) is 14.1. The number of aromatic carboxylic acids is 1. The first-order valence-corrected chi connectivity index (χ1v) is 6.34. The van der Waals surface area contributed by atoms with Crippen LogP contribution in [0, 0.1) is 12.7 Å². The molecule has 0 saturated carbocycles. The van der Waals surface area contributed by atoms with E-state index in [-0.39, 0.29) is 11.6 Å². The van der Waals surface area contributed by atoms with Crippen molar-refractivity contribution in [1.82, 2.24) is 0 Å². The van der Waals surface area contributed by atoms with Crippen molar-refractivity contribution in [3.05, 3.63) is 65.0 Å². The molecule has 0 amide bonds. The number of benzene rings is 2. The highest BCUT2D eigenvalue weighted by molar-refractivity contribution is 5.94. The second-order valence-corrected chi connectivity index (χ2v) is 4.72. The van der Waals surface area contributed by atoms with Crippen molar-refractivity contribution in [2.45, 2.75) is 19.9 Å². The third kappa shape index (κ3) is 2.96. The molecule has 0 fully saturated rings. The van der Waals surface area contributed by atoms with E-state index in [1.807, 2.05) is 38.1 Å². The quantitative estimate of drug-likeness (QED) is 0.885. The zero-order valence-electron chi connectivity index (χ0n) is 11.4. The van der Waals surface area contributed by atoms with Crippen LogP contribution in [0.15, 0.2) is 42.5 Å². The van der Waals surface area contributed by atoms with Crippen molar-refractivity contribution in [3.8, 4) is 0 Å². The van der Waals surface area contributed by atoms with Gasteiger partial charge in [0.15, 0.2) is 0 Å². The molecule has 2 rings (SSSR count). The molecule has 0 aliphatic carbocycles. The predicted molar refractivity (Wildman–Crippen MR) is 76.6 cm³/mol. The van der Waals surface area contributed by atoms with E-state index in [1.54, 1.807) is 0 Å². The number of carboxylic acid groups (broad SMARTS) is 1. The normalized spacial score (nSPS) is 11.9. The Kier molecular flexibility index (Phi) is 4.03. The van der Waals surface area contributed by atoms with Gasteiger partial charge in [-0.05, 0) is 43.2 Å². The molecular formula is C16H16FNO2. The molecule has 0 saturated heterocycles. The van der Waals surface area contributed by atoms with Crippen molar-refractivity contribution < 1.29 is 14.3 Å². The van der Waals surface area contributed by atoms with Crippen LogP contribution < -0.4 is 5.32 Å². The molecule has 0 heterocycles. The average molecular weight is 273 g/mol. The second-order valence-electron chi connectivity index (χ2n) is 4.72. The minimum absolute atomic E-state index is 0.0644. The highest BCUT2D eigenvalue weighted by Crippen LogP contribution is 2.25. The maximum Gasteiger partial charge on any atom is 0.337 e. The highest BCUT2D eigenvalue weighted by Gasteiger charge is 2.14. The lowest BCUT2D eigenvalue weighted by Crippen LogP contribution is -2.12. The molecule has 0 spiro atoms. The van der Waals surface area contributed by atoms with Crippen molar-refractivity contribution in [2.24, 2.45) is 0 Å². The molecule has 0 radical (unpaired) electrons. The Labute approximate surface area is 117 Å². The van der Waals surface area contributed by atoms with Gasteiger partial charge in [-0.2, -0.15) is 0 Å². The van der Waals surface area contributed by atoms with Gasteiger partial charge < -0.3 is 10.4 Å². The molecule has 1 atom stereocenters. The van der Waals surface area contributed by atoms with Gasteiger partial charge in [0.2, 0.25) is 0 Å². The Bertz CT molecular complexity index is 640. The topological polar surface area (TPSA) is 49.3 Å². The van der Waals surface area contributed by atoms with E-state index >= 15 is 0 Å². The minimum atomic E-state index is -1.15. The van der Waals surface area contributed by atoms with E-state index in [4.69, 9.17) is 5.11 Å². The number of rotatable bonds is 4. The van der Waals surface area contributed by atoms with Gasteiger partial charge in [-0.1, -0.05) is 24.3 Å². The molecule has 20 heavy (non-hydrogen) atoms. The van der Waals surface area contributed by atoms with Gasteiger partial charge in [-0.3, -0.25) is 0 Å². The Morgan fingerprint density at radius 1 is 1.25 bits per heavy atom. The SMILES string of the molecule is Cc1ccccc1C(C)Nc1ccc(F)cc1C(=O)O. The Balaban J connectivity index is 2.31. The number of aryl methyl sites for hydroxylation is 1. The Morgan fingerprint density at radius 3 is 2.60 bits per heavy atom. The number of carbonyl (C=O) groups is 1. The molecule has 4 heteroatoms. The Morgan fingerprint density at radius 2 is 1.95 bits per heavy atom. The van der Waals surface area contributed by atoms with Crippen LogP contribution in [0.3, 0.4) is 0 Å². The lowest BCUT2D eigenvalue weighted by Gasteiger charge is -2.19. The van der Waals surface area contributed by atoms with Crippen LogP contribution in [-0.2, 0) is 0 Å². The summed E-state index contributed by atoms with van der Waals surface area (Å²) in [6.45, 7) is 3.94. The van der Waals surface area contributed by atoms with E-state index in [1.165, 1.54) is 12.1 Å². The summed E-state index contributed by atoms with van der Waals surface area (Å²) >= 11 is 0. The smallest absolute Gasteiger partial charge is 0.337 e. The number of halogens is 1. The van der Waals surface area contributed by atoms with Crippen LogP contribution >= 0.6 is 0 Å². The molecule has 0 aromatic heterocycles. The van der Waals surface area contributed by atoms with Crippen LogP contribution in [0.5, 0.6) is 0 Å². The van der Waals surface area contributed by atoms with Gasteiger partial charge in [0.25, 0.3) is 0 Å². The summed E-state index contributed by atoms with van der Waals surface area (Å²) < 4.78 is 13.1. The number of anilines is 1. The van der Waals surface area contributed by atoms with E-state index in [9.17, 15) is 9.18 Å². The lowest BCUT2D eigenvalue weighted by molar-refractivity contribution is 0.0697. The van der Waals surface area contributed by atoms with E-state index in [0.717, 1.165) is 17.2 Å². The third-order valence-corrected chi connectivity index (χ3v) is 3.24. The van der Waals surface area contributed by atoms with Crippen LogP contribution in [-0.4, -0.2) is 11.1 Å². The summed E-state index contributed by atoms with van der Waals surface area (Å²) in [6.07, 6.45) is 0. The average Bonchev–Trinajstić information content (AvgIpc) is 2.41. The summed E-state index contributed by atoms with van der Waals surface area (Å²) in [5.41, 5.74) is 2.54. The fraction of sp³-hybridized carbons (Fsp3) is 0.188. The zero-order valence-corrected chi connectivity index (χ0v) is 11.4. The molecule has 0 aliphatic rings. The second kappa shape index (κ2) is 5.74. The predicted octanol–water partition coefficient (Wildman–Crippen LogP) is 4.01. The standard InChI is InChI=1S/C16H16FNO2/c1-10-5-3-4-6-13(10)11(2)18-15-8-7-12(17)9-14(15)16(19)20/h3-9,11,18H,1-2H3,(H,19,20). The number of nitrogens with one attached hydrogen (secondary N) is 1. The van der Waals surface area contributed by atoms with Crippen molar-refractivity contribution in [3.63, 3.8) is 0 Å². The molecular weight excluding hydrogens is 257 g/mol. The number of carboxylic acids is 1. The van der Waals surface area contributed by atoms with E-state index in [0.29, 0.717) is 5.69 Å². The molecule has 104 valence electrons. The third-order valence-electron chi connectivity index (χ3n) is 3.24. The first-order valence-electron chi connectivity index (χ1n) is 6.34. The monoisotopic (exact) mass is 273 g/mol. The fourth-order valence-corrected chi connectivity index (χ4v) is 2.20. The van der Waals surface area contributed by atoms with E-state index in [2.05, 4.69) is 5.32 Å². The molecule has 1 unspecified atom stereocenters. The zero-order chi connectivity index (χ0) is 14.7. The largest absolute Gasteiger partial charge is 0.478 e. The highest BCUT2D eigenvalue weighted by atomic mass is 19.1. The minimum Gasteiger partial charge on any atom is -0.478 e. The van der Waals surface area contributed by atoms with Gasteiger partial charge in [0.05, 0.1) is 5.56 Å². The molecule has 0 bridgehead atoms. The lowest BCUT2D eigenvalue weighted by atomic mass is 10.0. The maximum absolute atomic E-state index is 13.1. The first-order chi connectivity index (χ1) is 9.49. The van der Waals surface area contributed by atoms with Crippen LogP contribution in [0.1, 0.15) is 34.5 Å². The van der Waals surface area contributed by atoms with Crippen molar-refractivity contribution in [2.75, 3.05) is 5.32 Å². The summed E-state index contributed by atoms with van der Waals surface area (Å²) in [4.78, 5) is 11.2. The van der Waals surface area contributed by atoms with Gasteiger partial charge in [0.1, 0.15) is 5.82 Å². The van der Waals surface area contributed by atoms with Gasteiger partial charge >= 0.3 is 5.97 Å². The molecule has 2 N–H and O–H groups in total. The van der Waals surface area contributed by atoms with Gasteiger partial charge in [-0.15, -0.1) is 0 Å². The molecule has 3 nitrogen and oxygen atoms in total. The molecule has 2 aromatic carbocycles. The Hall–Kier alpha value is -2.36. The summed E-state index contributed by atoms with van der Waals surface area (Å²) in [5.74, 6) is -1.71. The van der Waals surface area contributed by atoms with Crippen LogP contribution in [0.2, 0.25) is 0 Å². The van der Waals surface area contributed by atoms with Gasteiger partial charge in [0, 0.05) is 11.7 Å².